The van der Waals surface area contributed by atoms with E-state index in [2.05, 4.69) is 15.0 Å². The van der Waals surface area contributed by atoms with Gasteiger partial charge < -0.3 is 10.1 Å². The molecule has 1 unspecified atom stereocenters. The zero-order chi connectivity index (χ0) is 17.2. The first-order chi connectivity index (χ1) is 10.8. The minimum Gasteiger partial charge on any atom is -0.467 e. The molecule has 2 aromatic rings. The van der Waals surface area contributed by atoms with Crippen molar-refractivity contribution in [1.29, 1.82) is 0 Å². The van der Waals surface area contributed by atoms with Gasteiger partial charge in [-0.25, -0.2) is 18.6 Å². The van der Waals surface area contributed by atoms with Crippen LogP contribution >= 0.6 is 11.3 Å². The number of thiazole rings is 1. The van der Waals surface area contributed by atoms with Crippen LogP contribution in [0.25, 0.3) is 0 Å². The maximum absolute atomic E-state index is 14.1. The number of halogens is 2. The molecular weight excluding hydrogens is 326 g/mol. The molecule has 0 radical (unpaired) electrons. The molecule has 1 aromatic carbocycles. The molecule has 5 nitrogen and oxygen atoms in total. The molecule has 1 N–H and O–H groups in total. The van der Waals surface area contributed by atoms with E-state index in [-0.39, 0.29) is 10.4 Å². The molecule has 0 bridgehead atoms. The van der Waals surface area contributed by atoms with E-state index in [1.807, 2.05) is 0 Å². The fraction of sp³-hybridized carbons (Fsp3) is 0.267. The summed E-state index contributed by atoms with van der Waals surface area (Å²) in [5.41, 5.74) is -0.254. The van der Waals surface area contributed by atoms with Crippen molar-refractivity contribution in [1.82, 2.24) is 10.3 Å². The van der Waals surface area contributed by atoms with Crippen molar-refractivity contribution in [3.05, 3.63) is 51.5 Å². The molecule has 1 amide bonds. The van der Waals surface area contributed by atoms with Crippen LogP contribution in [0.1, 0.15) is 27.9 Å². The molecule has 0 fully saturated rings. The van der Waals surface area contributed by atoms with Gasteiger partial charge in [0.05, 0.1) is 18.3 Å². The van der Waals surface area contributed by atoms with Gasteiger partial charge in [-0.15, -0.1) is 11.3 Å². The zero-order valence-electron chi connectivity index (χ0n) is 12.6. The first-order valence-electron chi connectivity index (χ1n) is 6.56. The molecule has 1 aromatic heterocycles. The molecule has 8 heteroatoms. The number of esters is 1. The second kappa shape index (κ2) is 6.41. The number of amides is 1. The van der Waals surface area contributed by atoms with Crippen molar-refractivity contribution in [2.75, 3.05) is 7.11 Å². The first-order valence-corrected chi connectivity index (χ1v) is 7.44. The van der Waals surface area contributed by atoms with Gasteiger partial charge in [0.2, 0.25) is 0 Å². The van der Waals surface area contributed by atoms with Crippen LogP contribution in [0.2, 0.25) is 0 Å². The molecule has 0 saturated heterocycles. The number of carbonyl (C=O) groups is 2. The summed E-state index contributed by atoms with van der Waals surface area (Å²) in [5.74, 6) is -3.11. The van der Waals surface area contributed by atoms with Crippen molar-refractivity contribution in [3.8, 4) is 0 Å². The Morgan fingerprint density at radius 2 is 2.04 bits per heavy atom. The van der Waals surface area contributed by atoms with Gasteiger partial charge >= 0.3 is 5.97 Å². The highest BCUT2D eigenvalue weighted by atomic mass is 32.1. The quantitative estimate of drug-likeness (QED) is 0.869. The monoisotopic (exact) mass is 340 g/mol. The van der Waals surface area contributed by atoms with Crippen LogP contribution in [0.15, 0.2) is 23.7 Å². The van der Waals surface area contributed by atoms with Crippen molar-refractivity contribution in [3.63, 3.8) is 0 Å². The van der Waals surface area contributed by atoms with Crippen LogP contribution in [0, 0.1) is 18.6 Å². The van der Waals surface area contributed by atoms with Gasteiger partial charge in [0.25, 0.3) is 5.91 Å². The third kappa shape index (κ3) is 3.21. The normalized spacial score (nSPS) is 13.3. The second-order valence-electron chi connectivity index (χ2n) is 4.96. The predicted molar refractivity (Wildman–Crippen MR) is 80.0 cm³/mol. The summed E-state index contributed by atoms with van der Waals surface area (Å²) in [4.78, 5) is 28.7. The van der Waals surface area contributed by atoms with E-state index in [1.165, 1.54) is 12.4 Å². The summed E-state index contributed by atoms with van der Waals surface area (Å²) in [5, 5.41) is 2.42. The Hall–Kier alpha value is -2.35. The highest BCUT2D eigenvalue weighted by Gasteiger charge is 2.41. The molecule has 2 rings (SSSR count). The van der Waals surface area contributed by atoms with Gasteiger partial charge in [-0.2, -0.15) is 0 Å². The smallest absolute Gasteiger partial charge is 0.336 e. The highest BCUT2D eigenvalue weighted by molar-refractivity contribution is 7.11. The summed E-state index contributed by atoms with van der Waals surface area (Å²) < 4.78 is 32.2. The Morgan fingerprint density at radius 1 is 1.35 bits per heavy atom. The number of aromatic nitrogens is 1. The predicted octanol–water partition coefficient (Wildman–Crippen LogP) is 2.55. The molecule has 1 atom stereocenters. The topological polar surface area (TPSA) is 68.3 Å². The van der Waals surface area contributed by atoms with Crippen molar-refractivity contribution in [2.24, 2.45) is 0 Å². The summed E-state index contributed by atoms with van der Waals surface area (Å²) in [6.07, 6.45) is 0. The second-order valence-corrected chi connectivity index (χ2v) is 5.82. The molecule has 0 saturated carbocycles. The number of aryl methyl sites for hydroxylation is 1. The fourth-order valence-corrected chi connectivity index (χ4v) is 2.81. The van der Waals surface area contributed by atoms with Crippen molar-refractivity contribution >= 4 is 23.2 Å². The van der Waals surface area contributed by atoms with E-state index in [0.29, 0.717) is 5.69 Å². The van der Waals surface area contributed by atoms with Crippen LogP contribution in [0.5, 0.6) is 0 Å². The number of hydrogen-bond acceptors (Lipinski definition) is 5. The number of benzene rings is 1. The SMILES string of the molecule is COC(=O)C(C)(NC(=O)c1scnc1C)c1cc(F)ccc1F. The Balaban J connectivity index is 2.48. The third-order valence-electron chi connectivity index (χ3n) is 3.38. The summed E-state index contributed by atoms with van der Waals surface area (Å²) in [6.45, 7) is 2.88. The first kappa shape index (κ1) is 17.0. The number of nitrogens with one attached hydrogen (secondary N) is 1. The maximum Gasteiger partial charge on any atom is 0.336 e. The van der Waals surface area contributed by atoms with Crippen LogP contribution in [0.4, 0.5) is 8.78 Å². The van der Waals surface area contributed by atoms with E-state index in [0.717, 1.165) is 36.6 Å². The number of ether oxygens (including phenoxy) is 1. The lowest BCUT2D eigenvalue weighted by molar-refractivity contribution is -0.148. The Labute approximate surface area is 135 Å². The van der Waals surface area contributed by atoms with Gasteiger partial charge in [-0.1, -0.05) is 0 Å². The Morgan fingerprint density at radius 3 is 2.61 bits per heavy atom. The average Bonchev–Trinajstić information content (AvgIpc) is 2.94. The van der Waals surface area contributed by atoms with E-state index >= 15 is 0 Å². The summed E-state index contributed by atoms with van der Waals surface area (Å²) in [7, 11) is 1.10. The van der Waals surface area contributed by atoms with Gasteiger partial charge in [0.1, 0.15) is 16.5 Å². The summed E-state index contributed by atoms with van der Waals surface area (Å²) >= 11 is 1.08. The number of rotatable bonds is 4. The van der Waals surface area contributed by atoms with Crippen LogP contribution in [-0.2, 0) is 15.1 Å². The Bertz CT molecular complexity index is 763. The van der Waals surface area contributed by atoms with Crippen molar-refractivity contribution < 1.29 is 23.1 Å². The van der Waals surface area contributed by atoms with Crippen LogP contribution in [-0.4, -0.2) is 24.0 Å². The molecule has 122 valence electrons. The van der Waals surface area contributed by atoms with Gasteiger partial charge in [0.15, 0.2) is 5.54 Å². The van der Waals surface area contributed by atoms with E-state index in [4.69, 9.17) is 0 Å². The van der Waals surface area contributed by atoms with E-state index in [1.54, 1.807) is 6.92 Å². The largest absolute Gasteiger partial charge is 0.467 e. The standard InChI is InChI=1S/C15H14F2N2O3S/c1-8-12(23-7-18-8)13(20)19-15(2,14(21)22-3)10-6-9(16)4-5-11(10)17/h4-7H,1-3H3,(H,19,20). The lowest BCUT2D eigenvalue weighted by atomic mass is 9.91. The molecule has 0 aliphatic heterocycles. The van der Waals surface area contributed by atoms with Crippen LogP contribution < -0.4 is 5.32 Å². The molecule has 0 spiro atoms. The lowest BCUT2D eigenvalue weighted by Gasteiger charge is -2.28. The van der Waals surface area contributed by atoms with Gasteiger partial charge in [-0.3, -0.25) is 4.79 Å². The van der Waals surface area contributed by atoms with Gasteiger partial charge in [0, 0.05) is 5.56 Å². The highest BCUT2D eigenvalue weighted by Crippen LogP contribution is 2.27. The number of carbonyl (C=O) groups excluding carboxylic acids is 2. The number of hydrogen-bond donors (Lipinski definition) is 1. The zero-order valence-corrected chi connectivity index (χ0v) is 13.5. The van der Waals surface area contributed by atoms with E-state index < -0.39 is 29.0 Å². The van der Waals surface area contributed by atoms with Crippen LogP contribution in [0.3, 0.4) is 0 Å². The number of nitrogens with zero attached hydrogens (tertiary/aromatic N) is 1. The molecule has 0 aliphatic rings. The Kier molecular flexibility index (Phi) is 4.74. The third-order valence-corrected chi connectivity index (χ3v) is 4.30. The molecule has 23 heavy (non-hydrogen) atoms. The molecule has 1 heterocycles. The van der Waals surface area contributed by atoms with E-state index in [9.17, 15) is 18.4 Å². The average molecular weight is 340 g/mol. The lowest BCUT2D eigenvalue weighted by Crippen LogP contribution is -2.50. The fourth-order valence-electron chi connectivity index (χ4n) is 2.12. The number of methoxy groups -OCH3 is 1. The molecular formula is C15H14F2N2O3S. The minimum atomic E-state index is -1.88. The van der Waals surface area contributed by atoms with Crippen molar-refractivity contribution in [2.45, 2.75) is 19.4 Å². The minimum absolute atomic E-state index is 0.275. The summed E-state index contributed by atoms with van der Waals surface area (Å²) in [6, 6.07) is 2.66. The van der Waals surface area contributed by atoms with Gasteiger partial charge in [-0.05, 0) is 32.0 Å². The molecule has 0 aliphatic carbocycles. The maximum atomic E-state index is 14.1.